The molecule has 0 aromatic heterocycles. The highest BCUT2D eigenvalue weighted by Crippen LogP contribution is 1.86. The Morgan fingerprint density at radius 1 is 1.86 bits per heavy atom. The molecule has 0 amide bonds. The molecule has 0 aliphatic rings. The van der Waals surface area contributed by atoms with Gasteiger partial charge in [-0.05, 0) is 36.5 Å². The van der Waals surface area contributed by atoms with Gasteiger partial charge >= 0.3 is 16.5 Å². The van der Waals surface area contributed by atoms with Crippen molar-refractivity contribution in [3.8, 4) is 0 Å². The molecule has 7 heavy (non-hydrogen) atoms. The van der Waals surface area contributed by atoms with Gasteiger partial charge in [-0.1, -0.05) is 0 Å². The summed E-state index contributed by atoms with van der Waals surface area (Å²) < 4.78 is 2.26. The van der Waals surface area contributed by atoms with Crippen molar-refractivity contribution in [1.29, 1.82) is 0 Å². The zero-order chi connectivity index (χ0) is 5.70. The molecule has 42 valence electrons. The fraction of sp³-hybridized carbons (Fsp3) is 1.00. The summed E-state index contributed by atoms with van der Waals surface area (Å²) >= 11 is 3.48. The summed E-state index contributed by atoms with van der Waals surface area (Å²) in [6.07, 6.45) is 0. The smallest absolute Gasteiger partial charge is 0.335 e. The average Bonchev–Trinajstić information content (AvgIpc) is 1.61. The lowest BCUT2D eigenvalue weighted by atomic mass is 10.7. The summed E-state index contributed by atoms with van der Waals surface area (Å²) in [5, 5.41) is 3.07. The predicted octanol–water partition coefficient (Wildman–Crippen LogP) is -0.594. The number of likely N-dealkylation sites (N-methyl/N-ethyl adjacent to an activating group) is 1. The molecule has 0 fully saturated rings. The van der Waals surface area contributed by atoms with E-state index in [1.807, 2.05) is 7.05 Å². The quantitative estimate of drug-likeness (QED) is 0.394. The number of rotatable bonds is 3. The zero-order valence-corrected chi connectivity index (χ0v) is 8.90. The van der Waals surface area contributed by atoms with E-state index in [1.54, 1.807) is 0 Å². The molecule has 0 aromatic rings. The first kappa shape index (κ1) is 8.18. The van der Waals surface area contributed by atoms with Crippen molar-refractivity contribution in [2.24, 2.45) is 0 Å². The number of halogens is 1. The van der Waals surface area contributed by atoms with Gasteiger partial charge in [0.05, 0.1) is 0 Å². The predicted molar refractivity (Wildman–Crippen MR) is 43.2 cm³/mol. The number of hydrogen-bond donors (Lipinski definition) is 1. The Labute approximate surface area is 66.8 Å². The summed E-state index contributed by atoms with van der Waals surface area (Å²) in [6, 6.07) is 0. The maximum absolute atomic E-state index is 3.07. The van der Waals surface area contributed by atoms with Gasteiger partial charge in [0.1, 0.15) is 0 Å². The average molecular weight is 228 g/mol. The van der Waals surface area contributed by atoms with Gasteiger partial charge in [-0.15, -0.1) is 0 Å². The molecule has 1 N–H and O–H groups in total. The number of nitrogens with one attached hydrogen (secondary N) is 1. The maximum atomic E-state index is 3.07. The molecule has 0 aliphatic carbocycles. The van der Waals surface area contributed by atoms with Crippen LogP contribution in [0.4, 0.5) is 0 Å². The Bertz CT molecular complexity index is 41.9. The topological polar surface area (TPSA) is 15.3 Å². The van der Waals surface area contributed by atoms with Crippen LogP contribution in [0.3, 0.4) is 0 Å². The minimum Gasteiger partial charge on any atom is -0.335 e. The third kappa shape index (κ3) is 7.18. The van der Waals surface area contributed by atoms with Crippen LogP contribution in [-0.2, 0) is 0 Å². The lowest BCUT2D eigenvalue weighted by Crippen LogP contribution is -2.20. The van der Waals surface area contributed by atoms with Crippen molar-refractivity contribution in [3.63, 3.8) is 0 Å². The molecule has 0 saturated carbocycles. The zero-order valence-electron chi connectivity index (χ0n) is 4.74. The fourth-order valence-corrected chi connectivity index (χ4v) is 0.731. The Balaban J connectivity index is 2.68. The summed E-state index contributed by atoms with van der Waals surface area (Å²) in [7, 11) is 1.97. The normalized spacial score (nSPS) is 10.1. The van der Waals surface area contributed by atoms with Crippen molar-refractivity contribution in [2.75, 3.05) is 20.1 Å². The standard InChI is InChI=1S/C3H8IN2.Al.2H/c1-5-2-3-6-4;;;/h5H,2-3H2,1H3;;;/q-1;+1;;. The van der Waals surface area contributed by atoms with Gasteiger partial charge < -0.3 is 7.41 Å². The highest BCUT2D eigenvalue weighted by Gasteiger charge is 1.85. The Hall–Kier alpha value is 1.18. The molecule has 2 nitrogen and oxygen atoms in total. The molecule has 0 saturated heterocycles. The molecule has 4 heteroatoms. The molecule has 0 spiro atoms. The van der Waals surface area contributed by atoms with Crippen LogP contribution in [0.5, 0.6) is 0 Å². The lowest BCUT2D eigenvalue weighted by molar-refractivity contribution is 0.686. The fourth-order valence-electron chi connectivity index (χ4n) is 0.266. The molecule has 0 unspecified atom stereocenters. The molecular formula is C3H10AlIN2. The van der Waals surface area contributed by atoms with E-state index in [1.165, 1.54) is 6.54 Å². The largest absolute Gasteiger partial charge is 0.335 e. The third-order valence-corrected chi connectivity index (χ3v) is 1.60. The van der Waals surface area contributed by atoms with E-state index < -0.39 is 0 Å². The second-order valence-electron chi connectivity index (χ2n) is 1.43. The first-order chi connectivity index (χ1) is 3.27. The van der Waals surface area contributed by atoms with Gasteiger partial charge in [-0.25, -0.2) is 0 Å². The van der Waals surface area contributed by atoms with E-state index in [2.05, 4.69) is 30.3 Å². The molecule has 0 aromatic carbocycles. The van der Waals surface area contributed by atoms with E-state index in [9.17, 15) is 0 Å². The van der Waals surface area contributed by atoms with Crippen LogP contribution in [0.15, 0.2) is 0 Å². The second-order valence-corrected chi connectivity index (χ2v) is 5.98. The lowest BCUT2D eigenvalue weighted by Gasteiger charge is -2.05. The van der Waals surface area contributed by atoms with Crippen molar-refractivity contribution >= 4 is 39.4 Å². The molecule has 0 atom stereocenters. The van der Waals surface area contributed by atoms with E-state index in [4.69, 9.17) is 0 Å². The summed E-state index contributed by atoms with van der Waals surface area (Å²) in [5.74, 6) is 0. The third-order valence-electron chi connectivity index (χ3n) is 0.670. The van der Waals surface area contributed by atoms with Gasteiger partial charge in [0.2, 0.25) is 0 Å². The molecule has 0 radical (unpaired) electrons. The summed E-state index contributed by atoms with van der Waals surface area (Å²) in [4.78, 5) is 0. The van der Waals surface area contributed by atoms with E-state index in [-0.39, 0.29) is 0 Å². The van der Waals surface area contributed by atoms with Gasteiger partial charge in [-0.3, -0.25) is 0 Å². The minimum atomic E-state index is 1.10. The Kier molecular flexibility index (Phi) is 6.22. The van der Waals surface area contributed by atoms with Crippen LogP contribution in [0, 0.1) is 0 Å². The summed E-state index contributed by atoms with van der Waals surface area (Å²) in [5.41, 5.74) is 0. The van der Waals surface area contributed by atoms with E-state index in [0.717, 1.165) is 23.1 Å². The maximum Gasteiger partial charge on any atom is 0.335 e. The van der Waals surface area contributed by atoms with Crippen LogP contribution in [0.1, 0.15) is 0 Å². The van der Waals surface area contributed by atoms with Crippen LogP contribution in [0.25, 0.3) is 0 Å². The van der Waals surface area contributed by atoms with Crippen molar-refractivity contribution in [1.82, 2.24) is 7.41 Å². The van der Waals surface area contributed by atoms with Crippen molar-refractivity contribution in [3.05, 3.63) is 0 Å². The van der Waals surface area contributed by atoms with Crippen molar-refractivity contribution in [2.45, 2.75) is 0 Å². The Morgan fingerprint density at radius 2 is 2.43 bits per heavy atom. The van der Waals surface area contributed by atoms with Crippen LogP contribution >= 0.6 is 22.9 Å². The molecule has 0 heterocycles. The highest BCUT2D eigenvalue weighted by molar-refractivity contribution is 14.1. The van der Waals surface area contributed by atoms with Crippen molar-refractivity contribution < 1.29 is 0 Å². The molecule has 0 rings (SSSR count). The van der Waals surface area contributed by atoms with Gasteiger partial charge in [0, 0.05) is 6.54 Å². The van der Waals surface area contributed by atoms with E-state index in [0.29, 0.717) is 0 Å². The van der Waals surface area contributed by atoms with Crippen LogP contribution < -0.4 is 5.32 Å². The van der Waals surface area contributed by atoms with Crippen LogP contribution in [-0.4, -0.2) is 38.7 Å². The van der Waals surface area contributed by atoms with E-state index >= 15 is 0 Å². The SMILES string of the molecule is CNCC[N]([AlH2])I. The summed E-state index contributed by atoms with van der Waals surface area (Å²) in [6.45, 7) is 2.27. The monoisotopic (exact) mass is 228 g/mol. The number of nitrogens with zero attached hydrogens (tertiary/aromatic N) is 1. The van der Waals surface area contributed by atoms with Crippen LogP contribution in [0.2, 0.25) is 0 Å². The van der Waals surface area contributed by atoms with Gasteiger partial charge in [0.25, 0.3) is 0 Å². The van der Waals surface area contributed by atoms with Gasteiger partial charge in [0.15, 0.2) is 0 Å². The molecular weight excluding hydrogens is 218 g/mol. The van der Waals surface area contributed by atoms with Gasteiger partial charge in [-0.2, -0.15) is 0 Å². The number of hydrogen-bond acceptors (Lipinski definition) is 2. The molecule has 0 bridgehead atoms. The first-order valence-electron chi connectivity index (χ1n) is 2.29. The first-order valence-corrected chi connectivity index (χ1v) is 4.15. The molecule has 0 aliphatic heterocycles. The minimum absolute atomic E-state index is 1.10. The highest BCUT2D eigenvalue weighted by atomic mass is 127. The second kappa shape index (κ2) is 5.32. The Morgan fingerprint density at radius 3 is 2.57 bits per heavy atom.